The number of fused-ring (bicyclic) bond motifs is 1. The van der Waals surface area contributed by atoms with Gasteiger partial charge in [-0.25, -0.2) is 8.42 Å². The Morgan fingerprint density at radius 2 is 1.57 bits per heavy atom. The lowest BCUT2D eigenvalue weighted by Gasteiger charge is -2.05. The molecule has 0 radical (unpaired) electrons. The van der Waals surface area contributed by atoms with Crippen LogP contribution >= 0.6 is 0 Å². The normalized spacial score (nSPS) is 11.7. The van der Waals surface area contributed by atoms with Gasteiger partial charge in [0.25, 0.3) is 0 Å². The van der Waals surface area contributed by atoms with Crippen LogP contribution in [0.3, 0.4) is 0 Å². The van der Waals surface area contributed by atoms with Crippen molar-refractivity contribution in [3.63, 3.8) is 0 Å². The van der Waals surface area contributed by atoms with E-state index in [2.05, 4.69) is 0 Å². The molecule has 0 aliphatic rings. The molecule has 3 rings (SSSR count). The molecule has 0 amide bonds. The first kappa shape index (κ1) is 13.6. The quantitative estimate of drug-likeness (QED) is 0.730. The van der Waals surface area contributed by atoms with E-state index in [-0.39, 0.29) is 20.8 Å². The van der Waals surface area contributed by atoms with Crippen LogP contribution in [0.1, 0.15) is 5.56 Å². The van der Waals surface area contributed by atoms with Gasteiger partial charge in [0.05, 0.1) is 21.4 Å². The Labute approximate surface area is 121 Å². The van der Waals surface area contributed by atoms with Crippen LogP contribution in [0.5, 0.6) is 0 Å². The van der Waals surface area contributed by atoms with E-state index in [1.165, 1.54) is 30.5 Å². The summed E-state index contributed by atoms with van der Waals surface area (Å²) >= 11 is 0. The predicted octanol–water partition coefficient (Wildman–Crippen LogP) is 2.93. The van der Waals surface area contributed by atoms with Crippen molar-refractivity contribution in [2.75, 3.05) is 0 Å². The third-order valence-electron chi connectivity index (χ3n) is 3.27. The summed E-state index contributed by atoms with van der Waals surface area (Å²) in [6.07, 6.45) is 1.26. The number of benzene rings is 2. The van der Waals surface area contributed by atoms with Crippen molar-refractivity contribution in [1.29, 1.82) is 0 Å². The number of hydrogen-bond donors (Lipinski definition) is 0. The minimum Gasteiger partial charge on any atom is -0.464 e. The highest BCUT2D eigenvalue weighted by molar-refractivity contribution is 7.91. The standard InChI is InChI=1S/C16H12O4S/c1-11-2-4-12(5-3-11)21(18,19)13-6-7-14-15(17)8-9-20-16(14)10-13/h2-10H,1H3. The lowest BCUT2D eigenvalue weighted by molar-refractivity contribution is 0.591. The van der Waals surface area contributed by atoms with Crippen LogP contribution in [-0.4, -0.2) is 8.42 Å². The van der Waals surface area contributed by atoms with Crippen molar-refractivity contribution < 1.29 is 12.8 Å². The molecule has 2 aromatic carbocycles. The second kappa shape index (κ2) is 4.86. The molecule has 0 saturated heterocycles. The molecule has 0 atom stereocenters. The van der Waals surface area contributed by atoms with Crippen LogP contribution in [-0.2, 0) is 9.84 Å². The van der Waals surface area contributed by atoms with E-state index < -0.39 is 9.84 Å². The van der Waals surface area contributed by atoms with Gasteiger partial charge in [-0.15, -0.1) is 0 Å². The zero-order chi connectivity index (χ0) is 15.0. The van der Waals surface area contributed by atoms with Gasteiger partial charge in [-0.2, -0.15) is 0 Å². The summed E-state index contributed by atoms with van der Waals surface area (Å²) in [6.45, 7) is 1.89. The minimum absolute atomic E-state index is 0.105. The highest BCUT2D eigenvalue weighted by atomic mass is 32.2. The molecule has 0 N–H and O–H groups in total. The largest absolute Gasteiger partial charge is 0.464 e. The fraction of sp³-hybridized carbons (Fsp3) is 0.0625. The SMILES string of the molecule is Cc1ccc(S(=O)(=O)c2ccc3c(=O)ccoc3c2)cc1. The van der Waals surface area contributed by atoms with E-state index in [1.807, 2.05) is 6.92 Å². The summed E-state index contributed by atoms with van der Waals surface area (Å²) in [4.78, 5) is 12.0. The third-order valence-corrected chi connectivity index (χ3v) is 5.04. The molecule has 0 bridgehead atoms. The Kier molecular flexibility index (Phi) is 3.14. The maximum absolute atomic E-state index is 12.6. The molecule has 0 aliphatic heterocycles. The first-order chi connectivity index (χ1) is 9.98. The highest BCUT2D eigenvalue weighted by Crippen LogP contribution is 2.23. The molecule has 0 spiro atoms. The van der Waals surface area contributed by atoms with Gasteiger partial charge in [0.2, 0.25) is 9.84 Å². The van der Waals surface area contributed by atoms with Gasteiger partial charge in [-0.05, 0) is 31.2 Å². The summed E-state index contributed by atoms with van der Waals surface area (Å²) in [7, 11) is -3.62. The van der Waals surface area contributed by atoms with Crippen molar-refractivity contribution in [3.8, 4) is 0 Å². The van der Waals surface area contributed by atoms with Gasteiger partial charge in [0.1, 0.15) is 5.58 Å². The van der Waals surface area contributed by atoms with Crippen molar-refractivity contribution in [2.24, 2.45) is 0 Å². The molecule has 0 saturated carbocycles. The van der Waals surface area contributed by atoms with E-state index in [9.17, 15) is 13.2 Å². The molecule has 4 nitrogen and oxygen atoms in total. The maximum Gasteiger partial charge on any atom is 0.206 e. The van der Waals surface area contributed by atoms with E-state index >= 15 is 0 Å². The Hall–Kier alpha value is -2.40. The van der Waals surface area contributed by atoms with Crippen LogP contribution in [0, 0.1) is 6.92 Å². The Morgan fingerprint density at radius 1 is 0.905 bits per heavy atom. The maximum atomic E-state index is 12.6. The third kappa shape index (κ3) is 2.36. The van der Waals surface area contributed by atoms with Crippen molar-refractivity contribution in [3.05, 3.63) is 70.6 Å². The smallest absolute Gasteiger partial charge is 0.206 e. The second-order valence-electron chi connectivity index (χ2n) is 4.76. The Balaban J connectivity index is 2.19. The number of sulfone groups is 1. The van der Waals surface area contributed by atoms with Gasteiger partial charge in [-0.3, -0.25) is 4.79 Å². The fourth-order valence-electron chi connectivity index (χ4n) is 2.08. The first-order valence-corrected chi connectivity index (χ1v) is 7.80. The molecule has 3 aromatic rings. The Morgan fingerprint density at radius 3 is 2.29 bits per heavy atom. The van der Waals surface area contributed by atoms with Crippen LogP contribution in [0.4, 0.5) is 0 Å². The van der Waals surface area contributed by atoms with Gasteiger partial charge in [-0.1, -0.05) is 17.7 Å². The predicted molar refractivity (Wildman–Crippen MR) is 79.1 cm³/mol. The van der Waals surface area contributed by atoms with E-state index in [0.29, 0.717) is 5.39 Å². The molecular weight excluding hydrogens is 288 g/mol. The topological polar surface area (TPSA) is 64.3 Å². The zero-order valence-corrected chi connectivity index (χ0v) is 12.1. The second-order valence-corrected chi connectivity index (χ2v) is 6.71. The summed E-state index contributed by atoms with van der Waals surface area (Å²) in [5, 5.41) is 0.361. The lowest BCUT2D eigenvalue weighted by Crippen LogP contribution is -2.04. The fourth-order valence-corrected chi connectivity index (χ4v) is 3.36. The summed E-state index contributed by atoms with van der Waals surface area (Å²) < 4.78 is 30.3. The first-order valence-electron chi connectivity index (χ1n) is 6.32. The molecule has 106 valence electrons. The molecule has 0 unspecified atom stereocenters. The van der Waals surface area contributed by atoms with Crippen molar-refractivity contribution in [1.82, 2.24) is 0 Å². The van der Waals surface area contributed by atoms with E-state index in [1.54, 1.807) is 24.3 Å². The van der Waals surface area contributed by atoms with Crippen LogP contribution in [0.2, 0.25) is 0 Å². The van der Waals surface area contributed by atoms with Crippen LogP contribution < -0.4 is 5.43 Å². The molecule has 0 fully saturated rings. The highest BCUT2D eigenvalue weighted by Gasteiger charge is 2.18. The van der Waals surface area contributed by atoms with Gasteiger partial charge >= 0.3 is 0 Å². The summed E-state index contributed by atoms with van der Waals surface area (Å²) in [6, 6.07) is 12.2. The minimum atomic E-state index is -3.62. The number of aryl methyl sites for hydroxylation is 1. The van der Waals surface area contributed by atoms with Crippen molar-refractivity contribution in [2.45, 2.75) is 16.7 Å². The molecule has 1 heterocycles. The summed E-state index contributed by atoms with van der Waals surface area (Å²) in [5.74, 6) is 0. The molecule has 0 aliphatic carbocycles. The van der Waals surface area contributed by atoms with Crippen LogP contribution in [0.25, 0.3) is 11.0 Å². The number of hydrogen-bond acceptors (Lipinski definition) is 4. The molecule has 21 heavy (non-hydrogen) atoms. The zero-order valence-electron chi connectivity index (χ0n) is 11.2. The summed E-state index contributed by atoms with van der Waals surface area (Å²) in [5.41, 5.74) is 1.05. The van der Waals surface area contributed by atoms with Crippen LogP contribution in [0.15, 0.2) is 73.8 Å². The molecular formula is C16H12O4S. The van der Waals surface area contributed by atoms with E-state index in [0.717, 1.165) is 5.56 Å². The lowest BCUT2D eigenvalue weighted by atomic mass is 10.2. The molecule has 1 aromatic heterocycles. The van der Waals surface area contributed by atoms with Crippen molar-refractivity contribution >= 4 is 20.8 Å². The van der Waals surface area contributed by atoms with E-state index in [4.69, 9.17) is 4.42 Å². The van der Waals surface area contributed by atoms with Gasteiger partial charge in [0.15, 0.2) is 5.43 Å². The average molecular weight is 300 g/mol. The van der Waals surface area contributed by atoms with Gasteiger partial charge in [0, 0.05) is 12.1 Å². The van der Waals surface area contributed by atoms with Gasteiger partial charge < -0.3 is 4.42 Å². The monoisotopic (exact) mass is 300 g/mol. The average Bonchev–Trinajstić information content (AvgIpc) is 2.47. The molecule has 5 heteroatoms. The Bertz CT molecular complexity index is 967. The number of rotatable bonds is 2.